The van der Waals surface area contributed by atoms with Gasteiger partial charge in [0, 0.05) is 28.8 Å². The van der Waals surface area contributed by atoms with Crippen molar-refractivity contribution in [3.63, 3.8) is 0 Å². The van der Waals surface area contributed by atoms with Crippen LogP contribution in [0.3, 0.4) is 0 Å². The number of para-hydroxylation sites is 2. The number of rotatable bonds is 0. The first kappa shape index (κ1) is 17.3. The van der Waals surface area contributed by atoms with Crippen molar-refractivity contribution in [2.45, 2.75) is 4.90 Å². The molecular formula is C23H14ClN3S2. The van der Waals surface area contributed by atoms with Gasteiger partial charge in [0.25, 0.3) is 4.83 Å². The fourth-order valence-corrected chi connectivity index (χ4v) is 6.60. The Morgan fingerprint density at radius 1 is 1.00 bits per heavy atom. The zero-order valence-corrected chi connectivity index (χ0v) is 17.6. The number of hydrogen-bond acceptors (Lipinski definition) is 4. The van der Waals surface area contributed by atoms with Gasteiger partial charge < -0.3 is 17.3 Å². The molecule has 140 valence electrons. The Bertz CT molecular complexity index is 1590. The molecule has 0 unspecified atom stereocenters. The molecule has 0 fully saturated rings. The molecule has 3 nitrogen and oxygen atoms in total. The smallest absolute Gasteiger partial charge is 0.277 e. The van der Waals surface area contributed by atoms with E-state index in [9.17, 15) is 0 Å². The summed E-state index contributed by atoms with van der Waals surface area (Å²) in [6.07, 6.45) is 4.40. The van der Waals surface area contributed by atoms with Crippen LogP contribution in [0.1, 0.15) is 0 Å². The predicted octanol–water partition coefficient (Wildman–Crippen LogP) is 0.664. The molecule has 0 saturated carbocycles. The summed E-state index contributed by atoms with van der Waals surface area (Å²) in [5, 5.41) is 4.87. The van der Waals surface area contributed by atoms with E-state index >= 15 is 0 Å². The molecule has 3 aromatic heterocycles. The highest BCUT2D eigenvalue weighted by Crippen LogP contribution is 2.46. The van der Waals surface area contributed by atoms with Gasteiger partial charge in [-0.2, -0.15) is 0 Å². The number of benzene rings is 2. The minimum Gasteiger partial charge on any atom is -1.00 e. The van der Waals surface area contributed by atoms with Gasteiger partial charge in [0.1, 0.15) is 4.70 Å². The van der Waals surface area contributed by atoms with Crippen LogP contribution in [0.15, 0.2) is 71.8 Å². The molecule has 29 heavy (non-hydrogen) atoms. The van der Waals surface area contributed by atoms with Crippen LogP contribution in [0.4, 0.5) is 5.69 Å². The van der Waals surface area contributed by atoms with E-state index < -0.39 is 0 Å². The normalized spacial score (nSPS) is 14.5. The predicted molar refractivity (Wildman–Crippen MR) is 117 cm³/mol. The van der Waals surface area contributed by atoms with Gasteiger partial charge in [-0.1, -0.05) is 47.4 Å². The molecule has 2 aliphatic heterocycles. The van der Waals surface area contributed by atoms with Crippen molar-refractivity contribution in [2.75, 3.05) is 11.4 Å². The molecule has 5 heterocycles. The molecule has 0 N–H and O–H groups in total. The van der Waals surface area contributed by atoms with Gasteiger partial charge >= 0.3 is 0 Å². The van der Waals surface area contributed by atoms with Gasteiger partial charge in [0.2, 0.25) is 5.52 Å². The number of aromatic nitrogens is 2. The summed E-state index contributed by atoms with van der Waals surface area (Å²) < 4.78 is 3.60. The lowest BCUT2D eigenvalue weighted by Gasteiger charge is -2.21. The third-order valence-electron chi connectivity index (χ3n) is 5.55. The van der Waals surface area contributed by atoms with Crippen LogP contribution in [0, 0.1) is 0 Å². The maximum absolute atomic E-state index is 5.04. The molecule has 2 aromatic carbocycles. The fourth-order valence-electron chi connectivity index (χ4n) is 4.25. The molecule has 0 bridgehead atoms. The maximum atomic E-state index is 5.04. The van der Waals surface area contributed by atoms with E-state index in [0.29, 0.717) is 0 Å². The minimum absolute atomic E-state index is 0. The first-order chi connectivity index (χ1) is 13.9. The van der Waals surface area contributed by atoms with Crippen LogP contribution in [-0.2, 0) is 0 Å². The Morgan fingerprint density at radius 2 is 1.86 bits per heavy atom. The van der Waals surface area contributed by atoms with Gasteiger partial charge in [0.05, 0.1) is 27.0 Å². The average Bonchev–Trinajstić information content (AvgIpc) is 3.31. The third-order valence-corrected chi connectivity index (χ3v) is 7.92. The van der Waals surface area contributed by atoms with Crippen LogP contribution in [0.25, 0.3) is 37.1 Å². The number of anilines is 1. The van der Waals surface area contributed by atoms with Crippen LogP contribution in [-0.4, -0.2) is 11.5 Å². The van der Waals surface area contributed by atoms with Crippen LogP contribution in [0.5, 0.6) is 0 Å². The number of thioether (sulfide) groups is 1. The first-order valence-electron chi connectivity index (χ1n) is 9.28. The van der Waals surface area contributed by atoms with Crippen molar-refractivity contribution >= 4 is 65.8 Å². The Kier molecular flexibility index (Phi) is 3.69. The van der Waals surface area contributed by atoms with Gasteiger partial charge in [-0.25, -0.2) is 4.98 Å². The standard InChI is InChI=1S/C23H14N3S2.ClH/c1-3-7-20-18(5-1)25-11-9-16-14(22(25)27-20)13-15-17(24-16)10-12-26-19-6-2-4-8-21(19)28-23(15)26;/h1-11,13H,12H2;1H/q+1;/p-1. The van der Waals surface area contributed by atoms with Crippen molar-refractivity contribution in [3.8, 4) is 0 Å². The third kappa shape index (κ3) is 2.32. The highest BCUT2D eigenvalue weighted by Gasteiger charge is 2.27. The molecule has 0 aliphatic carbocycles. The summed E-state index contributed by atoms with van der Waals surface area (Å²) in [5.41, 5.74) is 3.63. The molecule has 5 aromatic rings. The summed E-state index contributed by atoms with van der Waals surface area (Å²) in [6, 6.07) is 21.7. The number of fused-ring (bicyclic) bond motifs is 9. The second-order valence-corrected chi connectivity index (χ2v) is 9.17. The Labute approximate surface area is 181 Å². The van der Waals surface area contributed by atoms with Crippen molar-refractivity contribution < 1.29 is 16.8 Å². The quantitative estimate of drug-likeness (QED) is 0.336. The van der Waals surface area contributed by atoms with E-state index in [1.54, 1.807) is 0 Å². The maximum Gasteiger partial charge on any atom is 0.277 e. The number of thiazole rings is 1. The number of halogens is 1. The van der Waals surface area contributed by atoms with E-state index in [2.05, 4.69) is 82.2 Å². The Balaban J connectivity index is 0.00000165. The lowest BCUT2D eigenvalue weighted by molar-refractivity contribution is -0.476. The van der Waals surface area contributed by atoms with E-state index in [0.717, 1.165) is 17.4 Å². The molecule has 0 atom stereocenters. The van der Waals surface area contributed by atoms with Gasteiger partial charge in [-0.3, -0.25) is 0 Å². The number of pyridine rings is 2. The molecule has 6 heteroatoms. The summed E-state index contributed by atoms with van der Waals surface area (Å²) in [4.78, 5) is 10.0. The van der Waals surface area contributed by atoms with Crippen molar-refractivity contribution in [1.82, 2.24) is 4.98 Å². The molecular weight excluding hydrogens is 418 g/mol. The SMILES string of the molecule is C1=c2nc3cc[n+]4c5ccccc5sc4c3cc2=C2Sc3ccccc3N2C1.[Cl-]. The second-order valence-electron chi connectivity index (χ2n) is 7.10. The van der Waals surface area contributed by atoms with Crippen LogP contribution < -0.4 is 32.3 Å². The van der Waals surface area contributed by atoms with Crippen LogP contribution in [0.2, 0.25) is 0 Å². The van der Waals surface area contributed by atoms with E-state index in [1.165, 1.54) is 41.3 Å². The molecule has 0 amide bonds. The number of nitrogens with zero attached hydrogens (tertiary/aromatic N) is 3. The van der Waals surface area contributed by atoms with E-state index in [4.69, 9.17) is 4.98 Å². The van der Waals surface area contributed by atoms with Gasteiger partial charge in [0.15, 0.2) is 6.20 Å². The molecule has 0 radical (unpaired) electrons. The van der Waals surface area contributed by atoms with Crippen molar-refractivity contribution in [3.05, 3.63) is 77.4 Å². The lowest BCUT2D eigenvalue weighted by atomic mass is 10.2. The average molecular weight is 432 g/mol. The summed E-state index contributed by atoms with van der Waals surface area (Å²) in [5.74, 6) is 0. The fraction of sp³-hybridized carbons (Fsp3) is 0.0435. The zero-order valence-electron chi connectivity index (χ0n) is 15.2. The highest BCUT2D eigenvalue weighted by molar-refractivity contribution is 8.08. The van der Waals surface area contributed by atoms with E-state index in [-0.39, 0.29) is 12.4 Å². The first-order valence-corrected chi connectivity index (χ1v) is 10.9. The van der Waals surface area contributed by atoms with Gasteiger partial charge in [-0.05, 0) is 30.3 Å². The summed E-state index contributed by atoms with van der Waals surface area (Å²) in [6.45, 7) is 0.880. The number of hydrogen-bond donors (Lipinski definition) is 0. The molecule has 0 saturated heterocycles. The van der Waals surface area contributed by atoms with Crippen molar-refractivity contribution in [1.29, 1.82) is 0 Å². The Hall–Kier alpha value is -2.60. The molecule has 2 aliphatic rings. The van der Waals surface area contributed by atoms with Crippen LogP contribution >= 0.6 is 23.1 Å². The Morgan fingerprint density at radius 3 is 2.83 bits per heavy atom. The highest BCUT2D eigenvalue weighted by atomic mass is 35.5. The molecule has 7 rings (SSSR count). The largest absolute Gasteiger partial charge is 1.00 e. The topological polar surface area (TPSA) is 20.2 Å². The zero-order chi connectivity index (χ0) is 18.2. The monoisotopic (exact) mass is 431 g/mol. The van der Waals surface area contributed by atoms with Gasteiger partial charge in [-0.15, -0.1) is 4.40 Å². The summed E-state index contributed by atoms with van der Waals surface area (Å²) >= 11 is 3.70. The van der Waals surface area contributed by atoms with E-state index in [1.807, 2.05) is 23.1 Å². The molecule has 0 spiro atoms. The lowest BCUT2D eigenvalue weighted by Crippen LogP contribution is -3.00. The van der Waals surface area contributed by atoms with Crippen molar-refractivity contribution in [2.24, 2.45) is 0 Å². The second kappa shape index (κ2) is 6.20. The minimum atomic E-state index is 0. The summed E-state index contributed by atoms with van der Waals surface area (Å²) in [7, 11) is 0.